The van der Waals surface area contributed by atoms with E-state index in [-0.39, 0.29) is 5.56 Å². The average molecular weight is 279 g/mol. The molecule has 0 spiro atoms. The summed E-state index contributed by atoms with van der Waals surface area (Å²) in [6.07, 6.45) is 0. The van der Waals surface area contributed by atoms with Crippen LogP contribution in [0.1, 0.15) is 28.3 Å². The van der Waals surface area contributed by atoms with Crippen LogP contribution >= 0.6 is 0 Å². The van der Waals surface area contributed by atoms with Gasteiger partial charge in [-0.15, -0.1) is 0 Å². The molecule has 0 saturated carbocycles. The molecule has 0 bridgehead atoms. The molecule has 0 fully saturated rings. The monoisotopic (exact) mass is 279 g/mol. The number of hydrogen-bond donors (Lipinski definition) is 1. The summed E-state index contributed by atoms with van der Waals surface area (Å²) < 4.78 is 40.4. The molecule has 0 aliphatic carbocycles. The van der Waals surface area contributed by atoms with Crippen LogP contribution in [0.2, 0.25) is 0 Å². The van der Waals surface area contributed by atoms with Crippen LogP contribution < -0.4 is 5.32 Å². The van der Waals surface area contributed by atoms with Gasteiger partial charge >= 0.3 is 0 Å². The average Bonchev–Trinajstić information content (AvgIpc) is 2.41. The summed E-state index contributed by atoms with van der Waals surface area (Å²) in [5.74, 6) is -3.77. The van der Waals surface area contributed by atoms with Gasteiger partial charge in [0.25, 0.3) is 0 Å². The third-order valence-corrected chi connectivity index (χ3v) is 3.40. The Labute approximate surface area is 116 Å². The number of benzene rings is 2. The van der Waals surface area contributed by atoms with Crippen molar-refractivity contribution in [1.82, 2.24) is 5.32 Å². The molecule has 106 valence electrons. The van der Waals surface area contributed by atoms with Crippen LogP contribution in [0, 0.1) is 31.3 Å². The van der Waals surface area contributed by atoms with E-state index in [9.17, 15) is 13.2 Å². The van der Waals surface area contributed by atoms with Crippen LogP contribution in [0.3, 0.4) is 0 Å². The Balaban J connectivity index is 2.55. The molecule has 0 saturated heterocycles. The van der Waals surface area contributed by atoms with E-state index < -0.39 is 23.5 Å². The fourth-order valence-corrected chi connectivity index (χ4v) is 2.39. The second kappa shape index (κ2) is 5.67. The van der Waals surface area contributed by atoms with Gasteiger partial charge in [-0.25, -0.2) is 13.2 Å². The predicted octanol–water partition coefficient (Wildman–Crippen LogP) is 4.03. The van der Waals surface area contributed by atoms with Crippen LogP contribution in [-0.2, 0) is 0 Å². The fourth-order valence-electron chi connectivity index (χ4n) is 2.39. The molecule has 0 aliphatic rings. The zero-order valence-electron chi connectivity index (χ0n) is 11.6. The first-order valence-electron chi connectivity index (χ1n) is 6.33. The van der Waals surface area contributed by atoms with Crippen molar-refractivity contribution >= 4 is 0 Å². The highest BCUT2D eigenvalue weighted by atomic mass is 19.2. The molecule has 2 aromatic carbocycles. The summed E-state index contributed by atoms with van der Waals surface area (Å²) in [6, 6.07) is 7.44. The van der Waals surface area contributed by atoms with Gasteiger partial charge in [-0.2, -0.15) is 0 Å². The first-order valence-corrected chi connectivity index (χ1v) is 6.33. The lowest BCUT2D eigenvalue weighted by Crippen LogP contribution is -2.20. The largest absolute Gasteiger partial charge is 0.309 e. The van der Waals surface area contributed by atoms with Gasteiger partial charge in [-0.3, -0.25) is 0 Å². The van der Waals surface area contributed by atoms with Gasteiger partial charge in [0.2, 0.25) is 0 Å². The molecule has 0 amide bonds. The summed E-state index contributed by atoms with van der Waals surface area (Å²) in [6.45, 7) is 3.87. The second-order valence-corrected chi connectivity index (χ2v) is 4.85. The molecule has 1 N–H and O–H groups in total. The zero-order chi connectivity index (χ0) is 14.9. The molecule has 2 aromatic rings. The Bertz CT molecular complexity index is 638. The third-order valence-electron chi connectivity index (χ3n) is 3.40. The van der Waals surface area contributed by atoms with E-state index in [2.05, 4.69) is 5.32 Å². The standard InChI is InChI=1S/C16H16F3N/c1-9-4-5-11(10(2)8-9)16(20-3)12-6-7-13(17)15(19)14(12)18/h4-8,16,20H,1-3H3. The quantitative estimate of drug-likeness (QED) is 0.836. The van der Waals surface area contributed by atoms with Crippen LogP contribution in [0.4, 0.5) is 13.2 Å². The van der Waals surface area contributed by atoms with Crippen molar-refractivity contribution < 1.29 is 13.2 Å². The number of hydrogen-bond acceptors (Lipinski definition) is 1. The van der Waals surface area contributed by atoms with Crippen molar-refractivity contribution in [3.05, 3.63) is 70.0 Å². The lowest BCUT2D eigenvalue weighted by atomic mass is 9.93. The molecule has 2 rings (SSSR count). The molecule has 1 nitrogen and oxygen atoms in total. The molecule has 0 heterocycles. The zero-order valence-corrected chi connectivity index (χ0v) is 11.6. The molecule has 0 aliphatic heterocycles. The highest BCUT2D eigenvalue weighted by Crippen LogP contribution is 2.28. The molecule has 1 atom stereocenters. The molecule has 0 aromatic heterocycles. The Kier molecular flexibility index (Phi) is 4.14. The summed E-state index contributed by atoms with van der Waals surface area (Å²) in [4.78, 5) is 0. The predicted molar refractivity (Wildman–Crippen MR) is 73.1 cm³/mol. The Morgan fingerprint density at radius 2 is 1.55 bits per heavy atom. The first kappa shape index (κ1) is 14.6. The van der Waals surface area contributed by atoms with Gasteiger partial charge in [-0.1, -0.05) is 29.8 Å². The van der Waals surface area contributed by atoms with E-state index in [1.165, 1.54) is 6.07 Å². The lowest BCUT2D eigenvalue weighted by molar-refractivity contribution is 0.435. The van der Waals surface area contributed by atoms with Gasteiger partial charge in [0.15, 0.2) is 17.5 Å². The van der Waals surface area contributed by atoms with E-state index in [1.54, 1.807) is 7.05 Å². The molecule has 1 unspecified atom stereocenters. The maximum absolute atomic E-state index is 13.9. The Morgan fingerprint density at radius 3 is 2.15 bits per heavy atom. The van der Waals surface area contributed by atoms with Crippen molar-refractivity contribution in [2.45, 2.75) is 19.9 Å². The van der Waals surface area contributed by atoms with E-state index >= 15 is 0 Å². The normalized spacial score (nSPS) is 12.5. The maximum atomic E-state index is 13.9. The summed E-state index contributed by atoms with van der Waals surface area (Å²) in [5.41, 5.74) is 2.99. The number of rotatable bonds is 3. The van der Waals surface area contributed by atoms with Crippen molar-refractivity contribution in [1.29, 1.82) is 0 Å². The number of nitrogens with one attached hydrogen (secondary N) is 1. The smallest absolute Gasteiger partial charge is 0.194 e. The topological polar surface area (TPSA) is 12.0 Å². The molecule has 4 heteroatoms. The minimum absolute atomic E-state index is 0.0957. The molecule has 0 radical (unpaired) electrons. The highest BCUT2D eigenvalue weighted by molar-refractivity contribution is 5.39. The van der Waals surface area contributed by atoms with Crippen molar-refractivity contribution in [3.63, 3.8) is 0 Å². The van der Waals surface area contributed by atoms with Crippen LogP contribution in [0.15, 0.2) is 30.3 Å². The van der Waals surface area contributed by atoms with Crippen molar-refractivity contribution in [2.24, 2.45) is 0 Å². The minimum atomic E-state index is -1.44. The SMILES string of the molecule is CNC(c1ccc(C)cc1C)c1ccc(F)c(F)c1F. The second-order valence-electron chi connectivity index (χ2n) is 4.85. The molecule has 20 heavy (non-hydrogen) atoms. The van der Waals surface area contributed by atoms with Gasteiger partial charge in [0.1, 0.15) is 0 Å². The number of aryl methyl sites for hydroxylation is 2. The summed E-state index contributed by atoms with van der Waals surface area (Å²) in [5, 5.41) is 2.95. The summed E-state index contributed by atoms with van der Waals surface area (Å²) in [7, 11) is 1.66. The van der Waals surface area contributed by atoms with Crippen LogP contribution in [0.25, 0.3) is 0 Å². The van der Waals surface area contributed by atoms with Gasteiger partial charge in [-0.05, 0) is 38.1 Å². The van der Waals surface area contributed by atoms with E-state index in [0.29, 0.717) is 0 Å². The Hall–Kier alpha value is -1.81. The summed E-state index contributed by atoms with van der Waals surface area (Å²) >= 11 is 0. The van der Waals surface area contributed by atoms with Crippen LogP contribution in [-0.4, -0.2) is 7.05 Å². The van der Waals surface area contributed by atoms with Gasteiger partial charge < -0.3 is 5.32 Å². The van der Waals surface area contributed by atoms with Gasteiger partial charge in [0, 0.05) is 5.56 Å². The van der Waals surface area contributed by atoms with E-state index in [0.717, 1.165) is 22.8 Å². The van der Waals surface area contributed by atoms with E-state index in [1.807, 2.05) is 32.0 Å². The van der Waals surface area contributed by atoms with Gasteiger partial charge in [0.05, 0.1) is 6.04 Å². The van der Waals surface area contributed by atoms with E-state index in [4.69, 9.17) is 0 Å². The van der Waals surface area contributed by atoms with Crippen molar-refractivity contribution in [2.75, 3.05) is 7.05 Å². The maximum Gasteiger partial charge on any atom is 0.194 e. The van der Waals surface area contributed by atoms with Crippen LogP contribution in [0.5, 0.6) is 0 Å². The first-order chi connectivity index (χ1) is 9.45. The number of halogens is 3. The minimum Gasteiger partial charge on any atom is -0.309 e. The highest BCUT2D eigenvalue weighted by Gasteiger charge is 2.22. The lowest BCUT2D eigenvalue weighted by Gasteiger charge is -2.20. The fraction of sp³-hybridized carbons (Fsp3) is 0.250. The van der Waals surface area contributed by atoms with Crippen molar-refractivity contribution in [3.8, 4) is 0 Å². The molecular weight excluding hydrogens is 263 g/mol. The molecular formula is C16H16F3N. The Morgan fingerprint density at radius 1 is 0.900 bits per heavy atom. The third kappa shape index (κ3) is 2.56.